The lowest BCUT2D eigenvalue weighted by Crippen LogP contribution is -2.40. The van der Waals surface area contributed by atoms with Crippen molar-refractivity contribution in [2.45, 2.75) is 58.0 Å². The molecule has 2 N–H and O–H groups in total. The summed E-state index contributed by atoms with van der Waals surface area (Å²) in [6.07, 6.45) is 7.09. The Labute approximate surface area is 121 Å². The van der Waals surface area contributed by atoms with Gasteiger partial charge < -0.3 is 5.73 Å². The van der Waals surface area contributed by atoms with Gasteiger partial charge in [0, 0.05) is 28.4 Å². The topological polar surface area (TPSA) is 29.3 Å². The molecule has 1 aromatic rings. The molecule has 3 atom stereocenters. The van der Waals surface area contributed by atoms with E-state index in [2.05, 4.69) is 24.8 Å². The van der Waals surface area contributed by atoms with Gasteiger partial charge in [0.2, 0.25) is 0 Å². The molecule has 1 saturated heterocycles. The summed E-state index contributed by atoms with van der Waals surface area (Å²) in [5, 5.41) is 0. The van der Waals surface area contributed by atoms with E-state index in [-0.39, 0.29) is 0 Å². The maximum Gasteiger partial charge on any atom is 0.0484 e. The predicted octanol–water partition coefficient (Wildman–Crippen LogP) is 3.63. The molecule has 1 saturated carbocycles. The van der Waals surface area contributed by atoms with Crippen molar-refractivity contribution in [3.8, 4) is 0 Å². The van der Waals surface area contributed by atoms with E-state index in [1.165, 1.54) is 54.0 Å². The van der Waals surface area contributed by atoms with Gasteiger partial charge in [-0.3, -0.25) is 4.90 Å². The van der Waals surface area contributed by atoms with Gasteiger partial charge in [0.15, 0.2) is 0 Å². The third-order valence-corrected chi connectivity index (χ3v) is 6.10. The minimum absolute atomic E-state index is 0.457. The molecule has 0 amide bonds. The van der Waals surface area contributed by atoms with Crippen molar-refractivity contribution in [3.63, 3.8) is 0 Å². The second-order valence-corrected chi connectivity index (χ2v) is 7.72. The van der Waals surface area contributed by atoms with Gasteiger partial charge in [-0.05, 0) is 57.2 Å². The molecule has 2 fully saturated rings. The molecule has 1 aliphatic carbocycles. The lowest BCUT2D eigenvalue weighted by Gasteiger charge is -2.36. The van der Waals surface area contributed by atoms with Gasteiger partial charge in [-0.2, -0.15) is 0 Å². The number of hydrogen-bond donors (Lipinski definition) is 1. The van der Waals surface area contributed by atoms with Crippen molar-refractivity contribution in [2.24, 2.45) is 11.7 Å². The Hall–Kier alpha value is -0.380. The van der Waals surface area contributed by atoms with E-state index in [9.17, 15) is 0 Å². The smallest absolute Gasteiger partial charge is 0.0484 e. The molecule has 3 rings (SSSR count). The Kier molecular flexibility index (Phi) is 3.97. The minimum atomic E-state index is 0.457. The molecule has 1 aromatic heterocycles. The summed E-state index contributed by atoms with van der Waals surface area (Å²) >= 11 is 1.92. The number of fused-ring (bicyclic) bond motifs is 1. The number of likely N-dealkylation sites (tertiary alicyclic amines) is 1. The predicted molar refractivity (Wildman–Crippen MR) is 82.7 cm³/mol. The van der Waals surface area contributed by atoms with Crippen LogP contribution in [0.4, 0.5) is 0 Å². The van der Waals surface area contributed by atoms with E-state index >= 15 is 0 Å². The average molecular weight is 278 g/mol. The van der Waals surface area contributed by atoms with E-state index in [1.54, 1.807) is 0 Å². The van der Waals surface area contributed by atoms with Crippen molar-refractivity contribution in [1.29, 1.82) is 0 Å². The molecule has 0 bridgehead atoms. The first-order valence-corrected chi connectivity index (χ1v) is 8.55. The van der Waals surface area contributed by atoms with Crippen LogP contribution in [0.3, 0.4) is 0 Å². The first-order valence-electron chi connectivity index (χ1n) is 7.73. The van der Waals surface area contributed by atoms with Gasteiger partial charge in [-0.15, -0.1) is 11.3 Å². The van der Waals surface area contributed by atoms with E-state index < -0.39 is 0 Å². The lowest BCUT2D eigenvalue weighted by molar-refractivity contribution is 0.135. The third-order valence-electron chi connectivity index (χ3n) is 5.11. The van der Waals surface area contributed by atoms with Crippen LogP contribution in [0.1, 0.15) is 53.5 Å². The Balaban J connectivity index is 1.84. The Bertz CT molecular complexity index is 440. The number of rotatable bonds is 3. The maximum absolute atomic E-state index is 6.15. The SMILES string of the molecule is Cc1cc(C(CN)N2CCC3CCCCC32)c(C)s1. The van der Waals surface area contributed by atoms with Gasteiger partial charge in [-0.25, -0.2) is 0 Å². The highest BCUT2D eigenvalue weighted by atomic mass is 32.1. The summed E-state index contributed by atoms with van der Waals surface area (Å²) in [6.45, 7) is 6.48. The fourth-order valence-corrected chi connectivity index (χ4v) is 5.23. The highest BCUT2D eigenvalue weighted by Gasteiger charge is 2.39. The maximum atomic E-state index is 6.15. The van der Waals surface area contributed by atoms with Crippen LogP contribution in [-0.2, 0) is 0 Å². The average Bonchev–Trinajstić information content (AvgIpc) is 2.96. The van der Waals surface area contributed by atoms with Crippen LogP contribution >= 0.6 is 11.3 Å². The van der Waals surface area contributed by atoms with E-state index in [1.807, 2.05) is 11.3 Å². The molecule has 2 heterocycles. The first-order chi connectivity index (χ1) is 9.20. The van der Waals surface area contributed by atoms with Crippen molar-refractivity contribution in [1.82, 2.24) is 4.90 Å². The lowest BCUT2D eigenvalue weighted by atomic mass is 9.84. The van der Waals surface area contributed by atoms with Crippen LogP contribution in [0.25, 0.3) is 0 Å². The second-order valence-electron chi connectivity index (χ2n) is 6.26. The highest BCUT2D eigenvalue weighted by molar-refractivity contribution is 7.12. The zero-order valence-corrected chi connectivity index (χ0v) is 13.0. The van der Waals surface area contributed by atoms with Crippen LogP contribution in [0, 0.1) is 19.8 Å². The summed E-state index contributed by atoms with van der Waals surface area (Å²) in [6, 6.07) is 3.63. The van der Waals surface area contributed by atoms with Gasteiger partial charge >= 0.3 is 0 Å². The van der Waals surface area contributed by atoms with E-state index in [4.69, 9.17) is 5.73 Å². The Morgan fingerprint density at radius 1 is 1.32 bits per heavy atom. The number of hydrogen-bond acceptors (Lipinski definition) is 3. The largest absolute Gasteiger partial charge is 0.329 e. The quantitative estimate of drug-likeness (QED) is 0.915. The molecule has 3 heteroatoms. The van der Waals surface area contributed by atoms with E-state index in [0.717, 1.165) is 18.5 Å². The van der Waals surface area contributed by atoms with Gasteiger partial charge in [0.1, 0.15) is 0 Å². The van der Waals surface area contributed by atoms with Crippen LogP contribution in [-0.4, -0.2) is 24.0 Å². The molecule has 2 nitrogen and oxygen atoms in total. The van der Waals surface area contributed by atoms with Crippen LogP contribution in [0.2, 0.25) is 0 Å². The molecule has 0 spiro atoms. The van der Waals surface area contributed by atoms with Crippen molar-refractivity contribution < 1.29 is 0 Å². The van der Waals surface area contributed by atoms with Crippen LogP contribution < -0.4 is 5.73 Å². The van der Waals surface area contributed by atoms with Crippen LogP contribution in [0.15, 0.2) is 6.07 Å². The monoisotopic (exact) mass is 278 g/mol. The summed E-state index contributed by atoms with van der Waals surface area (Å²) in [5.41, 5.74) is 7.64. The molecular weight excluding hydrogens is 252 g/mol. The summed E-state index contributed by atoms with van der Waals surface area (Å²) in [5.74, 6) is 0.947. The zero-order chi connectivity index (χ0) is 13.4. The van der Waals surface area contributed by atoms with Crippen LogP contribution in [0.5, 0.6) is 0 Å². The van der Waals surface area contributed by atoms with Gasteiger partial charge in [0.25, 0.3) is 0 Å². The minimum Gasteiger partial charge on any atom is -0.329 e. The molecular formula is C16H26N2S. The highest BCUT2D eigenvalue weighted by Crippen LogP contribution is 2.41. The molecule has 19 heavy (non-hydrogen) atoms. The third kappa shape index (κ3) is 2.48. The van der Waals surface area contributed by atoms with Gasteiger partial charge in [0.05, 0.1) is 0 Å². The molecule has 0 aromatic carbocycles. The molecule has 2 aliphatic rings. The second kappa shape index (κ2) is 5.55. The number of thiophene rings is 1. The number of nitrogens with two attached hydrogens (primary N) is 1. The van der Waals surface area contributed by atoms with Crippen molar-refractivity contribution in [3.05, 3.63) is 21.4 Å². The number of nitrogens with zero attached hydrogens (tertiary/aromatic N) is 1. The molecule has 106 valence electrons. The van der Waals surface area contributed by atoms with Crippen molar-refractivity contribution >= 4 is 11.3 Å². The summed E-state index contributed by atoms with van der Waals surface area (Å²) in [4.78, 5) is 5.62. The normalized spacial score (nSPS) is 29.4. The Morgan fingerprint density at radius 3 is 2.79 bits per heavy atom. The molecule has 0 radical (unpaired) electrons. The zero-order valence-electron chi connectivity index (χ0n) is 12.2. The fraction of sp³-hybridized carbons (Fsp3) is 0.750. The first kappa shape index (κ1) is 13.6. The fourth-order valence-electron chi connectivity index (χ4n) is 4.25. The molecule has 3 unspecified atom stereocenters. The van der Waals surface area contributed by atoms with Gasteiger partial charge in [-0.1, -0.05) is 12.8 Å². The Morgan fingerprint density at radius 2 is 2.11 bits per heavy atom. The number of aryl methyl sites for hydroxylation is 2. The standard InChI is InChI=1S/C16H26N2S/c1-11-9-14(12(2)19-11)16(10-17)18-8-7-13-5-3-4-6-15(13)18/h9,13,15-16H,3-8,10,17H2,1-2H3. The summed E-state index contributed by atoms with van der Waals surface area (Å²) in [7, 11) is 0. The summed E-state index contributed by atoms with van der Waals surface area (Å²) < 4.78 is 0. The molecule has 1 aliphatic heterocycles. The van der Waals surface area contributed by atoms with Crippen molar-refractivity contribution in [2.75, 3.05) is 13.1 Å². The van der Waals surface area contributed by atoms with E-state index in [0.29, 0.717) is 6.04 Å².